The highest BCUT2D eigenvalue weighted by atomic mass is 16.2. The number of amides is 1. The zero-order valence-corrected chi connectivity index (χ0v) is 12.8. The van der Waals surface area contributed by atoms with Crippen molar-refractivity contribution in [2.45, 2.75) is 65.8 Å². The molecule has 1 rings (SSSR count). The first kappa shape index (κ1) is 15.5. The van der Waals surface area contributed by atoms with Gasteiger partial charge in [-0.1, -0.05) is 13.3 Å². The number of hydrogen-bond donors (Lipinski definition) is 1. The van der Waals surface area contributed by atoms with E-state index < -0.39 is 11.0 Å². The third-order valence-electron chi connectivity index (χ3n) is 4.86. The molecular formula is C15H30N2O. The summed E-state index contributed by atoms with van der Waals surface area (Å²) in [6.45, 7) is 11.9. The molecule has 1 aliphatic heterocycles. The molecule has 1 aliphatic rings. The molecule has 1 atom stereocenters. The topological polar surface area (TPSA) is 46.3 Å². The van der Waals surface area contributed by atoms with Gasteiger partial charge in [-0.05, 0) is 52.9 Å². The molecule has 0 spiro atoms. The summed E-state index contributed by atoms with van der Waals surface area (Å²) in [5.41, 5.74) is 5.18. The van der Waals surface area contributed by atoms with Gasteiger partial charge in [0.05, 0.1) is 5.41 Å². The van der Waals surface area contributed by atoms with Crippen molar-refractivity contribution < 1.29 is 4.79 Å². The van der Waals surface area contributed by atoms with Gasteiger partial charge in [0.1, 0.15) is 0 Å². The highest BCUT2D eigenvalue weighted by molar-refractivity contribution is 5.83. The third kappa shape index (κ3) is 3.25. The van der Waals surface area contributed by atoms with Crippen molar-refractivity contribution >= 4 is 5.91 Å². The van der Waals surface area contributed by atoms with E-state index in [4.69, 9.17) is 5.73 Å². The molecule has 0 saturated carbocycles. The van der Waals surface area contributed by atoms with Crippen molar-refractivity contribution in [3.63, 3.8) is 0 Å². The molecule has 1 saturated heterocycles. The van der Waals surface area contributed by atoms with Crippen molar-refractivity contribution in [2.24, 2.45) is 17.1 Å². The molecule has 1 heterocycles. The van der Waals surface area contributed by atoms with Crippen LogP contribution in [-0.4, -0.2) is 29.4 Å². The fraction of sp³-hybridized carbons (Fsp3) is 0.933. The van der Waals surface area contributed by atoms with Crippen LogP contribution in [-0.2, 0) is 4.79 Å². The predicted octanol–water partition coefficient (Wildman–Crippen LogP) is 2.79. The van der Waals surface area contributed by atoms with Gasteiger partial charge < -0.3 is 10.6 Å². The molecule has 0 aliphatic carbocycles. The maximum Gasteiger partial charge on any atom is 0.230 e. The number of likely N-dealkylation sites (tertiary alicyclic amines) is 1. The Balaban J connectivity index is 2.73. The van der Waals surface area contributed by atoms with Crippen LogP contribution >= 0.6 is 0 Å². The normalized spacial score (nSPS) is 22.8. The Hall–Kier alpha value is -0.570. The van der Waals surface area contributed by atoms with Crippen LogP contribution in [0.25, 0.3) is 0 Å². The van der Waals surface area contributed by atoms with Gasteiger partial charge in [0.25, 0.3) is 0 Å². The summed E-state index contributed by atoms with van der Waals surface area (Å²) in [6, 6.07) is 0. The minimum absolute atomic E-state index is 0.215. The largest absolute Gasteiger partial charge is 0.342 e. The summed E-state index contributed by atoms with van der Waals surface area (Å²) in [5.74, 6) is 1.00. The van der Waals surface area contributed by atoms with Crippen LogP contribution in [0.3, 0.4) is 0 Å². The van der Waals surface area contributed by atoms with Gasteiger partial charge in [-0.15, -0.1) is 0 Å². The van der Waals surface area contributed by atoms with E-state index in [9.17, 15) is 4.79 Å². The van der Waals surface area contributed by atoms with Crippen LogP contribution in [0.5, 0.6) is 0 Å². The molecule has 2 N–H and O–H groups in total. The van der Waals surface area contributed by atoms with Gasteiger partial charge in [-0.3, -0.25) is 4.79 Å². The first-order chi connectivity index (χ1) is 8.20. The minimum atomic E-state index is -0.501. The number of nitrogens with two attached hydrogens (primary N) is 1. The Morgan fingerprint density at radius 3 is 2.33 bits per heavy atom. The highest BCUT2D eigenvalue weighted by Gasteiger charge is 2.42. The van der Waals surface area contributed by atoms with Crippen molar-refractivity contribution in [3.05, 3.63) is 0 Å². The minimum Gasteiger partial charge on any atom is -0.342 e. The fourth-order valence-corrected chi connectivity index (χ4v) is 2.45. The van der Waals surface area contributed by atoms with E-state index in [1.54, 1.807) is 0 Å². The second-order valence-corrected chi connectivity index (χ2v) is 6.84. The second kappa shape index (κ2) is 5.60. The highest BCUT2D eigenvalue weighted by Crippen LogP contribution is 2.32. The molecule has 18 heavy (non-hydrogen) atoms. The average molecular weight is 254 g/mol. The van der Waals surface area contributed by atoms with E-state index in [1.807, 2.05) is 32.6 Å². The van der Waals surface area contributed by atoms with Gasteiger partial charge in [0.15, 0.2) is 0 Å². The molecule has 0 aromatic carbocycles. The number of carbonyl (C=O) groups excluding carboxylic acids is 1. The monoisotopic (exact) mass is 254 g/mol. The van der Waals surface area contributed by atoms with Gasteiger partial charge in [0, 0.05) is 18.6 Å². The van der Waals surface area contributed by atoms with E-state index >= 15 is 0 Å². The zero-order chi connectivity index (χ0) is 14.0. The number of carbonyl (C=O) groups is 1. The first-order valence-corrected chi connectivity index (χ1v) is 7.28. The van der Waals surface area contributed by atoms with Gasteiger partial charge in [0.2, 0.25) is 5.91 Å². The molecule has 1 fully saturated rings. The van der Waals surface area contributed by atoms with Crippen LogP contribution in [0.4, 0.5) is 0 Å². The lowest BCUT2D eigenvalue weighted by Gasteiger charge is -2.40. The third-order valence-corrected chi connectivity index (χ3v) is 4.86. The molecule has 106 valence electrons. The lowest BCUT2D eigenvalue weighted by atomic mass is 9.74. The Kier molecular flexibility index (Phi) is 4.82. The number of rotatable bonds is 3. The van der Waals surface area contributed by atoms with E-state index in [0.717, 1.165) is 31.8 Å². The first-order valence-electron chi connectivity index (χ1n) is 7.28. The molecule has 1 amide bonds. The Morgan fingerprint density at radius 2 is 1.83 bits per heavy atom. The molecule has 3 nitrogen and oxygen atoms in total. The Bertz CT molecular complexity index is 291. The number of nitrogens with zero attached hydrogens (tertiary/aromatic N) is 1. The van der Waals surface area contributed by atoms with Crippen molar-refractivity contribution in [1.82, 2.24) is 4.90 Å². The second-order valence-electron chi connectivity index (χ2n) is 6.84. The van der Waals surface area contributed by atoms with Crippen molar-refractivity contribution in [1.29, 1.82) is 0 Å². The summed E-state index contributed by atoms with van der Waals surface area (Å²) in [7, 11) is 0. The van der Waals surface area contributed by atoms with Crippen molar-refractivity contribution in [3.8, 4) is 0 Å². The maximum atomic E-state index is 12.7. The molecule has 0 radical (unpaired) electrons. The summed E-state index contributed by atoms with van der Waals surface area (Å²) >= 11 is 0. The van der Waals surface area contributed by atoms with E-state index in [1.165, 1.54) is 12.8 Å². The maximum absolute atomic E-state index is 12.7. The zero-order valence-electron chi connectivity index (χ0n) is 12.8. The summed E-state index contributed by atoms with van der Waals surface area (Å²) in [4.78, 5) is 14.7. The number of hydrogen-bond acceptors (Lipinski definition) is 2. The van der Waals surface area contributed by atoms with E-state index in [2.05, 4.69) is 6.92 Å². The fourth-order valence-electron chi connectivity index (χ4n) is 2.45. The summed E-state index contributed by atoms with van der Waals surface area (Å²) < 4.78 is 0. The van der Waals surface area contributed by atoms with Crippen LogP contribution < -0.4 is 5.73 Å². The Morgan fingerprint density at radius 1 is 1.22 bits per heavy atom. The van der Waals surface area contributed by atoms with Crippen LogP contribution in [0.2, 0.25) is 0 Å². The molecule has 3 heteroatoms. The molecule has 0 bridgehead atoms. The van der Waals surface area contributed by atoms with Gasteiger partial charge in [-0.2, -0.15) is 0 Å². The predicted molar refractivity (Wildman–Crippen MR) is 76.3 cm³/mol. The summed E-state index contributed by atoms with van der Waals surface area (Å²) in [6.07, 6.45) is 4.76. The van der Waals surface area contributed by atoms with Crippen LogP contribution in [0.15, 0.2) is 0 Å². The molecule has 1 unspecified atom stereocenters. The van der Waals surface area contributed by atoms with E-state index in [-0.39, 0.29) is 5.91 Å². The molecule has 0 aromatic heterocycles. The lowest BCUT2D eigenvalue weighted by Crippen LogP contribution is -2.56. The van der Waals surface area contributed by atoms with Crippen LogP contribution in [0, 0.1) is 11.3 Å². The smallest absolute Gasteiger partial charge is 0.230 e. The van der Waals surface area contributed by atoms with Gasteiger partial charge >= 0.3 is 0 Å². The average Bonchev–Trinajstić information content (AvgIpc) is 2.51. The summed E-state index contributed by atoms with van der Waals surface area (Å²) in [5, 5.41) is 0. The van der Waals surface area contributed by atoms with Gasteiger partial charge in [-0.25, -0.2) is 0 Å². The van der Waals surface area contributed by atoms with Crippen LogP contribution in [0.1, 0.15) is 60.3 Å². The molecule has 0 aromatic rings. The quantitative estimate of drug-likeness (QED) is 0.842. The van der Waals surface area contributed by atoms with Crippen molar-refractivity contribution in [2.75, 3.05) is 13.1 Å². The standard InChI is InChI=1S/C15H30N2O/c1-6-12-8-7-10-17(11-9-12)13(18)14(2,3)15(4,5)16/h12H,6-11,16H2,1-5H3. The van der Waals surface area contributed by atoms with E-state index in [0.29, 0.717) is 0 Å². The lowest BCUT2D eigenvalue weighted by molar-refractivity contribution is -0.143. The SMILES string of the molecule is CCC1CCCN(C(=O)C(C)(C)C(C)(C)N)CC1. The molecular weight excluding hydrogens is 224 g/mol. The Labute approximate surface area is 112 Å².